The number of hydrogen-bond donors (Lipinski definition) is 1. The second-order valence-electron chi connectivity index (χ2n) is 2.45. The summed E-state index contributed by atoms with van der Waals surface area (Å²) in [6, 6.07) is 0. The molecular weight excluding hydrogens is 172 g/mol. The number of ether oxygens (including phenoxy) is 1. The van der Waals surface area contributed by atoms with Crippen LogP contribution >= 0.6 is 0 Å². The number of carboxylic acid groups (broad SMARTS) is 1. The summed E-state index contributed by atoms with van der Waals surface area (Å²) in [6.45, 7) is 0. The maximum atomic E-state index is 10.5. The monoisotopic (exact) mass is 178 g/mol. The average molecular weight is 178 g/mol. The van der Waals surface area contributed by atoms with E-state index in [1.165, 1.54) is 24.9 Å². The fraction of sp³-hybridized carbons (Fsp3) is 0. The Morgan fingerprint density at radius 3 is 3.23 bits per heavy atom. The highest BCUT2D eigenvalue weighted by Gasteiger charge is 2.15. The third-order valence-corrected chi connectivity index (χ3v) is 1.61. The van der Waals surface area contributed by atoms with Crippen LogP contribution in [0.4, 0.5) is 0 Å². The molecule has 0 fully saturated rings. The molecule has 0 aromatic carbocycles. The SMILES string of the molecule is O=C(O)C1=CC2=COC=CN2C=N1. The van der Waals surface area contributed by atoms with Gasteiger partial charge in [-0.15, -0.1) is 0 Å². The number of hydrogen-bond acceptors (Lipinski definition) is 4. The van der Waals surface area contributed by atoms with Crippen LogP contribution in [-0.2, 0) is 9.53 Å². The maximum Gasteiger partial charge on any atom is 0.354 e. The molecule has 0 bridgehead atoms. The van der Waals surface area contributed by atoms with Crippen molar-refractivity contribution in [3.8, 4) is 0 Å². The van der Waals surface area contributed by atoms with Crippen molar-refractivity contribution in [3.63, 3.8) is 0 Å². The molecule has 0 saturated carbocycles. The van der Waals surface area contributed by atoms with E-state index in [1.54, 1.807) is 11.1 Å². The standard InChI is InChI=1S/C8H6N2O3/c11-8(12)7-3-6-4-13-2-1-10(6)5-9-7/h1-5H,(H,11,12). The first kappa shape index (κ1) is 7.60. The number of nitrogens with zero attached hydrogens (tertiary/aromatic N) is 2. The van der Waals surface area contributed by atoms with Crippen molar-refractivity contribution in [1.29, 1.82) is 0 Å². The first-order valence-corrected chi connectivity index (χ1v) is 3.57. The molecule has 0 aromatic rings. The van der Waals surface area contributed by atoms with E-state index in [0.29, 0.717) is 5.70 Å². The van der Waals surface area contributed by atoms with E-state index in [9.17, 15) is 4.79 Å². The van der Waals surface area contributed by atoms with Gasteiger partial charge in [-0.05, 0) is 6.08 Å². The summed E-state index contributed by atoms with van der Waals surface area (Å²) in [5.74, 6) is -1.05. The van der Waals surface area contributed by atoms with Crippen LogP contribution in [0.25, 0.3) is 0 Å². The van der Waals surface area contributed by atoms with Gasteiger partial charge in [0.05, 0.1) is 5.70 Å². The summed E-state index contributed by atoms with van der Waals surface area (Å²) in [5, 5.41) is 8.64. The van der Waals surface area contributed by atoms with Gasteiger partial charge in [-0.2, -0.15) is 0 Å². The summed E-state index contributed by atoms with van der Waals surface area (Å²) >= 11 is 0. The van der Waals surface area contributed by atoms with Gasteiger partial charge in [0.2, 0.25) is 0 Å². The molecule has 0 amide bonds. The molecule has 0 unspecified atom stereocenters. The van der Waals surface area contributed by atoms with Crippen molar-refractivity contribution in [2.45, 2.75) is 0 Å². The van der Waals surface area contributed by atoms with E-state index in [-0.39, 0.29) is 5.70 Å². The largest absolute Gasteiger partial charge is 0.477 e. The number of carboxylic acids is 1. The van der Waals surface area contributed by atoms with E-state index in [0.717, 1.165) is 0 Å². The second kappa shape index (κ2) is 2.78. The molecule has 66 valence electrons. The molecule has 2 aliphatic heterocycles. The molecule has 0 atom stereocenters. The Labute approximate surface area is 73.9 Å². The van der Waals surface area contributed by atoms with E-state index >= 15 is 0 Å². The van der Waals surface area contributed by atoms with Crippen molar-refractivity contribution in [2.24, 2.45) is 4.99 Å². The van der Waals surface area contributed by atoms with Gasteiger partial charge in [0, 0.05) is 6.20 Å². The van der Waals surface area contributed by atoms with Crippen LogP contribution in [0.3, 0.4) is 0 Å². The number of aliphatic carboxylic acids is 1. The Bertz CT molecular complexity index is 366. The molecule has 13 heavy (non-hydrogen) atoms. The van der Waals surface area contributed by atoms with Gasteiger partial charge < -0.3 is 14.7 Å². The molecule has 1 N–H and O–H groups in total. The van der Waals surface area contributed by atoms with E-state index < -0.39 is 5.97 Å². The fourth-order valence-electron chi connectivity index (χ4n) is 0.989. The molecular formula is C8H6N2O3. The quantitative estimate of drug-likeness (QED) is 0.640. The molecule has 0 spiro atoms. The summed E-state index contributed by atoms with van der Waals surface area (Å²) in [7, 11) is 0. The summed E-state index contributed by atoms with van der Waals surface area (Å²) in [6.07, 6.45) is 7.44. The molecule has 5 heteroatoms. The van der Waals surface area contributed by atoms with Crippen molar-refractivity contribution in [2.75, 3.05) is 0 Å². The third kappa shape index (κ3) is 1.31. The minimum atomic E-state index is -1.05. The molecule has 0 saturated heterocycles. The zero-order chi connectivity index (χ0) is 9.26. The van der Waals surface area contributed by atoms with Crippen molar-refractivity contribution in [3.05, 3.63) is 36.2 Å². The molecule has 0 aliphatic carbocycles. The van der Waals surface area contributed by atoms with E-state index in [2.05, 4.69) is 4.99 Å². The topological polar surface area (TPSA) is 62.1 Å². The molecule has 0 radical (unpaired) electrons. The molecule has 5 nitrogen and oxygen atoms in total. The smallest absolute Gasteiger partial charge is 0.354 e. The Kier molecular flexibility index (Phi) is 1.63. The zero-order valence-electron chi connectivity index (χ0n) is 6.54. The summed E-state index contributed by atoms with van der Waals surface area (Å²) in [5.41, 5.74) is 0.649. The van der Waals surface area contributed by atoms with Crippen LogP contribution < -0.4 is 0 Å². The van der Waals surface area contributed by atoms with Gasteiger partial charge in [0.25, 0.3) is 0 Å². The molecule has 2 rings (SSSR count). The van der Waals surface area contributed by atoms with Crippen LogP contribution in [0.2, 0.25) is 0 Å². The van der Waals surface area contributed by atoms with Crippen molar-refractivity contribution < 1.29 is 14.6 Å². The Balaban J connectivity index is 2.32. The van der Waals surface area contributed by atoms with Crippen LogP contribution in [0.1, 0.15) is 0 Å². The highest BCUT2D eigenvalue weighted by molar-refractivity contribution is 5.90. The Hall–Kier alpha value is -2.04. The lowest BCUT2D eigenvalue weighted by Gasteiger charge is -2.21. The predicted octanol–water partition coefficient (Wildman–Crippen LogP) is 0.642. The number of allylic oxidation sites excluding steroid dienone is 1. The van der Waals surface area contributed by atoms with Crippen LogP contribution in [0.15, 0.2) is 41.2 Å². The summed E-state index contributed by atoms with van der Waals surface area (Å²) in [4.78, 5) is 15.9. The second-order valence-corrected chi connectivity index (χ2v) is 2.45. The van der Waals surface area contributed by atoms with Crippen LogP contribution in [0.5, 0.6) is 0 Å². The van der Waals surface area contributed by atoms with Gasteiger partial charge >= 0.3 is 5.97 Å². The predicted molar refractivity (Wildman–Crippen MR) is 44.4 cm³/mol. The van der Waals surface area contributed by atoms with Crippen LogP contribution in [0, 0.1) is 0 Å². The van der Waals surface area contributed by atoms with Gasteiger partial charge in [-0.1, -0.05) is 0 Å². The Morgan fingerprint density at radius 1 is 1.62 bits per heavy atom. The highest BCUT2D eigenvalue weighted by Crippen LogP contribution is 2.17. The van der Waals surface area contributed by atoms with Gasteiger partial charge in [-0.25, -0.2) is 9.79 Å². The number of aliphatic imine (C=N–C) groups is 1. The van der Waals surface area contributed by atoms with Crippen molar-refractivity contribution >= 4 is 12.3 Å². The molecule has 2 aliphatic rings. The fourth-order valence-corrected chi connectivity index (χ4v) is 0.989. The lowest BCUT2D eigenvalue weighted by molar-refractivity contribution is -0.132. The number of fused-ring (bicyclic) bond motifs is 1. The van der Waals surface area contributed by atoms with Crippen molar-refractivity contribution in [1.82, 2.24) is 4.90 Å². The first-order chi connectivity index (χ1) is 6.27. The third-order valence-electron chi connectivity index (χ3n) is 1.61. The van der Waals surface area contributed by atoms with Gasteiger partial charge in [-0.3, -0.25) is 0 Å². The zero-order valence-corrected chi connectivity index (χ0v) is 6.54. The number of carbonyl (C=O) groups is 1. The first-order valence-electron chi connectivity index (χ1n) is 3.57. The van der Waals surface area contributed by atoms with E-state index in [1.807, 2.05) is 0 Å². The summed E-state index contributed by atoms with van der Waals surface area (Å²) < 4.78 is 4.88. The lowest BCUT2D eigenvalue weighted by atomic mass is 10.3. The maximum absolute atomic E-state index is 10.5. The van der Waals surface area contributed by atoms with Gasteiger partial charge in [0.15, 0.2) is 5.70 Å². The molecule has 2 heterocycles. The number of rotatable bonds is 1. The van der Waals surface area contributed by atoms with E-state index in [4.69, 9.17) is 9.84 Å². The average Bonchev–Trinajstić information content (AvgIpc) is 2.17. The minimum Gasteiger partial charge on any atom is -0.477 e. The highest BCUT2D eigenvalue weighted by atomic mass is 16.5. The Morgan fingerprint density at radius 2 is 2.46 bits per heavy atom. The normalized spacial score (nSPS) is 18.6. The van der Waals surface area contributed by atoms with Gasteiger partial charge in [0.1, 0.15) is 18.9 Å². The van der Waals surface area contributed by atoms with Crippen LogP contribution in [-0.4, -0.2) is 22.3 Å². The lowest BCUT2D eigenvalue weighted by Crippen LogP contribution is -2.20. The minimum absolute atomic E-state index is 0.00130. The molecule has 0 aromatic heterocycles.